The zero-order valence-electron chi connectivity index (χ0n) is 5.84. The summed E-state index contributed by atoms with van der Waals surface area (Å²) in [7, 11) is 0. The Morgan fingerprint density at radius 2 is 2.40 bits per heavy atom. The SMILES string of the molecule is NN/C=C\NCC1CCO1. The molecule has 0 amide bonds. The summed E-state index contributed by atoms with van der Waals surface area (Å²) in [6.07, 6.45) is 4.97. The van der Waals surface area contributed by atoms with Crippen molar-refractivity contribution in [3.05, 3.63) is 12.4 Å². The third kappa shape index (κ3) is 2.24. The fourth-order valence-electron chi connectivity index (χ4n) is 0.752. The van der Waals surface area contributed by atoms with Crippen LogP contribution in [0.1, 0.15) is 6.42 Å². The number of ether oxygens (including phenoxy) is 1. The van der Waals surface area contributed by atoms with Crippen LogP contribution in [0.25, 0.3) is 0 Å². The number of nitrogens with two attached hydrogens (primary N) is 1. The second-order valence-electron chi connectivity index (χ2n) is 2.19. The van der Waals surface area contributed by atoms with Crippen molar-refractivity contribution in [2.24, 2.45) is 5.84 Å². The van der Waals surface area contributed by atoms with Gasteiger partial charge in [-0.2, -0.15) is 0 Å². The third-order valence-electron chi connectivity index (χ3n) is 1.44. The molecule has 0 spiro atoms. The normalized spacial score (nSPS) is 24.3. The molecule has 1 heterocycles. The van der Waals surface area contributed by atoms with Crippen LogP contribution in [0.5, 0.6) is 0 Å². The van der Waals surface area contributed by atoms with Crippen LogP contribution in [-0.4, -0.2) is 19.3 Å². The molecule has 0 aromatic carbocycles. The van der Waals surface area contributed by atoms with E-state index in [-0.39, 0.29) is 0 Å². The Hall–Kier alpha value is -0.740. The van der Waals surface area contributed by atoms with Crippen LogP contribution in [-0.2, 0) is 4.74 Å². The molecule has 4 heteroatoms. The average Bonchev–Trinajstić information content (AvgIpc) is 1.84. The van der Waals surface area contributed by atoms with Crippen molar-refractivity contribution in [2.75, 3.05) is 13.2 Å². The second kappa shape index (κ2) is 4.14. The maximum atomic E-state index is 5.16. The molecule has 1 saturated heterocycles. The molecule has 10 heavy (non-hydrogen) atoms. The smallest absolute Gasteiger partial charge is 0.0769 e. The van der Waals surface area contributed by atoms with Gasteiger partial charge in [-0.3, -0.25) is 5.84 Å². The molecule has 1 aliphatic heterocycles. The Kier molecular flexibility index (Phi) is 3.05. The van der Waals surface area contributed by atoms with Gasteiger partial charge in [-0.1, -0.05) is 0 Å². The van der Waals surface area contributed by atoms with Gasteiger partial charge < -0.3 is 15.5 Å². The van der Waals surface area contributed by atoms with E-state index in [1.165, 1.54) is 0 Å². The van der Waals surface area contributed by atoms with E-state index in [9.17, 15) is 0 Å². The third-order valence-corrected chi connectivity index (χ3v) is 1.44. The molecule has 1 rings (SSSR count). The summed E-state index contributed by atoms with van der Waals surface area (Å²) in [6.45, 7) is 1.78. The maximum Gasteiger partial charge on any atom is 0.0769 e. The first kappa shape index (κ1) is 7.37. The lowest BCUT2D eigenvalue weighted by Gasteiger charge is -2.25. The maximum absolute atomic E-state index is 5.16. The van der Waals surface area contributed by atoms with E-state index < -0.39 is 0 Å². The van der Waals surface area contributed by atoms with E-state index in [4.69, 9.17) is 10.6 Å². The van der Waals surface area contributed by atoms with Gasteiger partial charge in [0.25, 0.3) is 0 Å². The Labute approximate surface area is 60.4 Å². The summed E-state index contributed by atoms with van der Waals surface area (Å²) in [4.78, 5) is 0. The summed E-state index contributed by atoms with van der Waals surface area (Å²) in [6, 6.07) is 0. The minimum atomic E-state index is 0.405. The lowest BCUT2D eigenvalue weighted by atomic mass is 10.2. The predicted octanol–water partition coefficient (Wildman–Crippen LogP) is -0.701. The summed E-state index contributed by atoms with van der Waals surface area (Å²) in [5.74, 6) is 4.98. The highest BCUT2D eigenvalue weighted by molar-refractivity contribution is 4.78. The average molecular weight is 143 g/mol. The lowest BCUT2D eigenvalue weighted by Crippen LogP contribution is -2.35. The Morgan fingerprint density at radius 1 is 1.60 bits per heavy atom. The minimum absolute atomic E-state index is 0.405. The van der Waals surface area contributed by atoms with Crippen molar-refractivity contribution >= 4 is 0 Å². The molecule has 1 atom stereocenters. The first-order chi connectivity index (χ1) is 4.93. The number of hydrogen-bond acceptors (Lipinski definition) is 4. The molecule has 58 valence electrons. The molecule has 1 aliphatic rings. The van der Waals surface area contributed by atoms with E-state index in [0.717, 1.165) is 19.6 Å². The van der Waals surface area contributed by atoms with E-state index in [0.29, 0.717) is 6.10 Å². The fraction of sp³-hybridized carbons (Fsp3) is 0.667. The quantitative estimate of drug-likeness (QED) is 0.360. The monoisotopic (exact) mass is 143 g/mol. The molecule has 0 saturated carbocycles. The molecule has 1 unspecified atom stereocenters. The van der Waals surface area contributed by atoms with Gasteiger partial charge in [0.1, 0.15) is 0 Å². The molecular weight excluding hydrogens is 130 g/mol. The molecular formula is C6H13N3O. The van der Waals surface area contributed by atoms with Crippen LogP contribution in [0.4, 0.5) is 0 Å². The second-order valence-corrected chi connectivity index (χ2v) is 2.19. The van der Waals surface area contributed by atoms with Crippen LogP contribution in [0.2, 0.25) is 0 Å². The fourth-order valence-corrected chi connectivity index (χ4v) is 0.752. The molecule has 0 aromatic rings. The van der Waals surface area contributed by atoms with E-state index in [1.807, 2.05) is 0 Å². The van der Waals surface area contributed by atoms with Crippen LogP contribution >= 0.6 is 0 Å². The number of rotatable bonds is 4. The zero-order valence-corrected chi connectivity index (χ0v) is 5.84. The van der Waals surface area contributed by atoms with Crippen molar-refractivity contribution in [3.8, 4) is 0 Å². The molecule has 0 aliphatic carbocycles. The topological polar surface area (TPSA) is 59.3 Å². The summed E-state index contributed by atoms with van der Waals surface area (Å²) >= 11 is 0. The highest BCUT2D eigenvalue weighted by Gasteiger charge is 2.16. The van der Waals surface area contributed by atoms with Gasteiger partial charge in [-0.25, -0.2) is 0 Å². The van der Waals surface area contributed by atoms with Gasteiger partial charge in [-0.05, 0) is 6.42 Å². The minimum Gasteiger partial charge on any atom is -0.387 e. The molecule has 0 radical (unpaired) electrons. The van der Waals surface area contributed by atoms with Crippen molar-refractivity contribution < 1.29 is 4.74 Å². The van der Waals surface area contributed by atoms with Crippen LogP contribution < -0.4 is 16.6 Å². The van der Waals surface area contributed by atoms with Crippen molar-refractivity contribution in [3.63, 3.8) is 0 Å². The first-order valence-corrected chi connectivity index (χ1v) is 3.39. The van der Waals surface area contributed by atoms with E-state index in [2.05, 4.69) is 10.7 Å². The highest BCUT2D eigenvalue weighted by Crippen LogP contribution is 2.08. The number of nitrogens with one attached hydrogen (secondary N) is 2. The van der Waals surface area contributed by atoms with Crippen LogP contribution in [0.3, 0.4) is 0 Å². The van der Waals surface area contributed by atoms with Crippen molar-refractivity contribution in [2.45, 2.75) is 12.5 Å². The summed E-state index contributed by atoms with van der Waals surface area (Å²) in [5.41, 5.74) is 2.39. The van der Waals surface area contributed by atoms with Crippen LogP contribution in [0.15, 0.2) is 12.4 Å². The predicted molar refractivity (Wildman–Crippen MR) is 38.8 cm³/mol. The van der Waals surface area contributed by atoms with Crippen molar-refractivity contribution in [1.29, 1.82) is 0 Å². The van der Waals surface area contributed by atoms with Crippen molar-refractivity contribution in [1.82, 2.24) is 10.7 Å². The van der Waals surface area contributed by atoms with Gasteiger partial charge in [-0.15, -0.1) is 0 Å². The lowest BCUT2D eigenvalue weighted by molar-refractivity contribution is -0.0466. The van der Waals surface area contributed by atoms with E-state index in [1.54, 1.807) is 12.4 Å². The summed E-state index contributed by atoms with van der Waals surface area (Å²) in [5, 5.41) is 3.04. The van der Waals surface area contributed by atoms with Gasteiger partial charge in [0.05, 0.1) is 6.10 Å². The Morgan fingerprint density at radius 3 is 2.90 bits per heavy atom. The first-order valence-electron chi connectivity index (χ1n) is 3.39. The molecule has 4 N–H and O–H groups in total. The Bertz CT molecular complexity index is 112. The molecule has 1 fully saturated rings. The molecule has 4 nitrogen and oxygen atoms in total. The zero-order chi connectivity index (χ0) is 7.23. The van der Waals surface area contributed by atoms with E-state index >= 15 is 0 Å². The van der Waals surface area contributed by atoms with Gasteiger partial charge in [0.15, 0.2) is 0 Å². The largest absolute Gasteiger partial charge is 0.387 e. The molecule has 0 aromatic heterocycles. The standard InChI is InChI=1S/C6H13N3O/c7-9-3-2-8-5-6-1-4-10-6/h2-3,6,8-9H,1,4-5,7H2/b3-2-. The highest BCUT2D eigenvalue weighted by atomic mass is 16.5. The Balaban J connectivity index is 1.89. The van der Waals surface area contributed by atoms with Gasteiger partial charge in [0, 0.05) is 25.6 Å². The van der Waals surface area contributed by atoms with Gasteiger partial charge in [0.2, 0.25) is 0 Å². The summed E-state index contributed by atoms with van der Waals surface area (Å²) < 4.78 is 5.16. The number of hydrazine groups is 1. The number of hydrogen-bond donors (Lipinski definition) is 3. The van der Waals surface area contributed by atoms with Crippen LogP contribution in [0, 0.1) is 0 Å². The molecule has 0 bridgehead atoms. The van der Waals surface area contributed by atoms with Gasteiger partial charge >= 0.3 is 0 Å².